The molecule has 1 aromatic heterocycles. The van der Waals surface area contributed by atoms with Crippen LogP contribution in [0.5, 0.6) is 0 Å². The fourth-order valence-corrected chi connectivity index (χ4v) is 2.12. The monoisotopic (exact) mass is 275 g/mol. The second kappa shape index (κ2) is 7.67. The molecule has 0 atom stereocenters. The summed E-state index contributed by atoms with van der Waals surface area (Å²) in [5.41, 5.74) is 2.42. The van der Waals surface area contributed by atoms with Crippen LogP contribution in [0.2, 0.25) is 0 Å². The second-order valence-corrected chi connectivity index (χ2v) is 4.63. The third kappa shape index (κ3) is 4.08. The van der Waals surface area contributed by atoms with Crippen LogP contribution in [-0.2, 0) is 16.0 Å². The largest absolute Gasteiger partial charge is 0.383 e. The number of hydrogen-bond acceptors (Lipinski definition) is 3. The maximum absolute atomic E-state index is 11.5. The highest BCUT2D eigenvalue weighted by molar-refractivity contribution is 5.83. The van der Waals surface area contributed by atoms with Gasteiger partial charge in [0.15, 0.2) is 0 Å². The van der Waals surface area contributed by atoms with E-state index in [4.69, 9.17) is 4.74 Å². The number of methoxy groups -OCH3 is 1. The summed E-state index contributed by atoms with van der Waals surface area (Å²) in [6.07, 6.45) is 2.93. The summed E-state index contributed by atoms with van der Waals surface area (Å²) in [6.45, 7) is 2.21. The van der Waals surface area contributed by atoms with Gasteiger partial charge in [-0.3, -0.25) is 4.79 Å². The van der Waals surface area contributed by atoms with Crippen molar-refractivity contribution >= 4 is 16.8 Å². The van der Waals surface area contributed by atoms with Gasteiger partial charge in [-0.05, 0) is 24.6 Å². The van der Waals surface area contributed by atoms with Crippen LogP contribution >= 0.6 is 0 Å². The van der Waals surface area contributed by atoms with Gasteiger partial charge in [0, 0.05) is 30.8 Å². The molecule has 0 radical (unpaired) electrons. The van der Waals surface area contributed by atoms with Crippen molar-refractivity contribution in [2.45, 2.75) is 6.42 Å². The van der Waals surface area contributed by atoms with Gasteiger partial charge in [-0.25, -0.2) is 0 Å². The molecule has 1 heterocycles. The van der Waals surface area contributed by atoms with Gasteiger partial charge in [0.2, 0.25) is 5.91 Å². The number of benzene rings is 1. The van der Waals surface area contributed by atoms with Crippen molar-refractivity contribution in [1.82, 2.24) is 15.6 Å². The number of H-pyrrole nitrogens is 1. The van der Waals surface area contributed by atoms with E-state index >= 15 is 0 Å². The van der Waals surface area contributed by atoms with Crippen molar-refractivity contribution < 1.29 is 9.53 Å². The van der Waals surface area contributed by atoms with Crippen molar-refractivity contribution in [3.05, 3.63) is 36.0 Å². The van der Waals surface area contributed by atoms with E-state index in [0.29, 0.717) is 19.7 Å². The number of aromatic nitrogens is 1. The molecule has 0 aliphatic heterocycles. The van der Waals surface area contributed by atoms with Crippen LogP contribution in [0.3, 0.4) is 0 Å². The third-order valence-corrected chi connectivity index (χ3v) is 3.16. The van der Waals surface area contributed by atoms with Crippen molar-refractivity contribution in [1.29, 1.82) is 0 Å². The van der Waals surface area contributed by atoms with Gasteiger partial charge in [-0.2, -0.15) is 0 Å². The Morgan fingerprint density at radius 3 is 3.00 bits per heavy atom. The van der Waals surface area contributed by atoms with Gasteiger partial charge >= 0.3 is 0 Å². The number of para-hydroxylation sites is 1. The molecule has 0 saturated heterocycles. The highest BCUT2D eigenvalue weighted by Gasteiger charge is 2.03. The van der Waals surface area contributed by atoms with Gasteiger partial charge in [0.05, 0.1) is 13.2 Å². The minimum atomic E-state index is 0.000904. The fraction of sp³-hybridized carbons (Fsp3) is 0.400. The first-order valence-corrected chi connectivity index (χ1v) is 6.82. The van der Waals surface area contributed by atoms with Crippen LogP contribution in [0.4, 0.5) is 0 Å². The molecular weight excluding hydrogens is 254 g/mol. The Kier molecular flexibility index (Phi) is 5.58. The summed E-state index contributed by atoms with van der Waals surface area (Å²) in [5, 5.41) is 7.17. The number of fused-ring (bicyclic) bond motifs is 1. The molecule has 1 amide bonds. The Hall–Kier alpha value is -1.85. The Morgan fingerprint density at radius 1 is 1.30 bits per heavy atom. The molecule has 2 rings (SSSR count). The number of aromatic amines is 1. The van der Waals surface area contributed by atoms with E-state index in [-0.39, 0.29) is 5.91 Å². The van der Waals surface area contributed by atoms with E-state index < -0.39 is 0 Å². The molecule has 108 valence electrons. The molecule has 0 aliphatic rings. The minimum Gasteiger partial charge on any atom is -0.383 e. The molecule has 2 aromatic rings. The van der Waals surface area contributed by atoms with Crippen LogP contribution in [0.15, 0.2) is 30.5 Å². The van der Waals surface area contributed by atoms with E-state index in [1.165, 1.54) is 10.9 Å². The summed E-state index contributed by atoms with van der Waals surface area (Å²) < 4.78 is 4.87. The molecule has 0 fully saturated rings. The quantitative estimate of drug-likeness (QED) is 0.631. The van der Waals surface area contributed by atoms with Crippen molar-refractivity contribution in [3.63, 3.8) is 0 Å². The topological polar surface area (TPSA) is 66.2 Å². The van der Waals surface area contributed by atoms with Crippen LogP contribution in [0.25, 0.3) is 10.9 Å². The van der Waals surface area contributed by atoms with Crippen molar-refractivity contribution in [2.75, 3.05) is 33.4 Å². The van der Waals surface area contributed by atoms with Gasteiger partial charge in [-0.15, -0.1) is 0 Å². The number of ether oxygens (including phenoxy) is 1. The predicted octanol–water partition coefficient (Wildman–Crippen LogP) is 1.06. The summed E-state index contributed by atoms with van der Waals surface area (Å²) >= 11 is 0. The number of amides is 1. The van der Waals surface area contributed by atoms with E-state index in [1.807, 2.05) is 18.3 Å². The third-order valence-electron chi connectivity index (χ3n) is 3.16. The maximum atomic E-state index is 11.5. The van der Waals surface area contributed by atoms with Crippen LogP contribution in [0, 0.1) is 0 Å². The zero-order valence-corrected chi connectivity index (χ0v) is 11.7. The molecular formula is C15H21N3O2. The Labute approximate surface area is 118 Å². The normalized spacial score (nSPS) is 10.8. The number of carbonyl (C=O) groups excluding carboxylic acids is 1. The number of nitrogens with one attached hydrogen (secondary N) is 3. The standard InChI is InChI=1S/C15H21N3O2/c1-20-9-8-17-15(19)11-16-7-6-12-10-18-14-5-3-2-4-13(12)14/h2-5,10,16,18H,6-9,11H2,1H3,(H,17,19). The van der Waals surface area contributed by atoms with E-state index in [9.17, 15) is 4.79 Å². The van der Waals surface area contributed by atoms with Gasteiger partial charge < -0.3 is 20.4 Å². The Bertz CT molecular complexity index is 551. The number of rotatable bonds is 8. The second-order valence-electron chi connectivity index (χ2n) is 4.63. The first kappa shape index (κ1) is 14.6. The van der Waals surface area contributed by atoms with Crippen molar-refractivity contribution in [2.24, 2.45) is 0 Å². The molecule has 0 unspecified atom stereocenters. The molecule has 0 saturated carbocycles. The highest BCUT2D eigenvalue weighted by atomic mass is 16.5. The predicted molar refractivity (Wildman–Crippen MR) is 79.8 cm³/mol. The molecule has 0 aliphatic carbocycles. The summed E-state index contributed by atoms with van der Waals surface area (Å²) in [5.74, 6) is 0.000904. The van der Waals surface area contributed by atoms with Crippen molar-refractivity contribution in [3.8, 4) is 0 Å². The van der Waals surface area contributed by atoms with Crippen LogP contribution < -0.4 is 10.6 Å². The van der Waals surface area contributed by atoms with Gasteiger partial charge in [0.1, 0.15) is 0 Å². The molecule has 1 aromatic carbocycles. The number of carbonyl (C=O) groups is 1. The Balaban J connectivity index is 1.70. The van der Waals surface area contributed by atoms with Crippen LogP contribution in [0.1, 0.15) is 5.56 Å². The first-order chi connectivity index (χ1) is 9.81. The zero-order valence-electron chi connectivity index (χ0n) is 11.7. The number of hydrogen-bond donors (Lipinski definition) is 3. The SMILES string of the molecule is COCCNC(=O)CNCCc1c[nH]c2ccccc12. The van der Waals surface area contributed by atoms with E-state index in [0.717, 1.165) is 18.5 Å². The lowest BCUT2D eigenvalue weighted by Gasteiger charge is -2.06. The lowest BCUT2D eigenvalue weighted by atomic mass is 10.1. The smallest absolute Gasteiger partial charge is 0.234 e. The Morgan fingerprint density at radius 2 is 2.15 bits per heavy atom. The summed E-state index contributed by atoms with van der Waals surface area (Å²) in [7, 11) is 1.62. The zero-order chi connectivity index (χ0) is 14.2. The maximum Gasteiger partial charge on any atom is 0.234 e. The summed E-state index contributed by atoms with van der Waals surface area (Å²) in [6, 6.07) is 8.23. The van der Waals surface area contributed by atoms with E-state index in [2.05, 4.69) is 27.8 Å². The average molecular weight is 275 g/mol. The molecule has 0 bridgehead atoms. The highest BCUT2D eigenvalue weighted by Crippen LogP contribution is 2.17. The summed E-state index contributed by atoms with van der Waals surface area (Å²) in [4.78, 5) is 14.7. The molecule has 0 spiro atoms. The molecule has 5 heteroatoms. The fourth-order valence-electron chi connectivity index (χ4n) is 2.12. The van der Waals surface area contributed by atoms with Gasteiger partial charge in [0.25, 0.3) is 0 Å². The van der Waals surface area contributed by atoms with E-state index in [1.54, 1.807) is 7.11 Å². The lowest BCUT2D eigenvalue weighted by Crippen LogP contribution is -2.36. The first-order valence-electron chi connectivity index (χ1n) is 6.82. The van der Waals surface area contributed by atoms with Crippen LogP contribution in [-0.4, -0.2) is 44.2 Å². The minimum absolute atomic E-state index is 0.000904. The molecule has 3 N–H and O–H groups in total. The average Bonchev–Trinajstić information content (AvgIpc) is 2.87. The molecule has 20 heavy (non-hydrogen) atoms. The lowest BCUT2D eigenvalue weighted by molar-refractivity contribution is -0.120. The molecule has 5 nitrogen and oxygen atoms in total. The van der Waals surface area contributed by atoms with Gasteiger partial charge in [-0.1, -0.05) is 18.2 Å².